The van der Waals surface area contributed by atoms with E-state index in [1.807, 2.05) is 0 Å². The summed E-state index contributed by atoms with van der Waals surface area (Å²) in [5.41, 5.74) is 0.400. The number of nitrogens with one attached hydrogen (secondary N) is 1. The van der Waals surface area contributed by atoms with Crippen molar-refractivity contribution in [2.24, 2.45) is 7.05 Å². The average molecular weight is 361 g/mol. The lowest BCUT2D eigenvalue weighted by Gasteiger charge is -2.11. The number of fused-ring (bicyclic) bond motifs is 3. The van der Waals surface area contributed by atoms with E-state index in [-0.39, 0.29) is 16.8 Å². The highest BCUT2D eigenvalue weighted by molar-refractivity contribution is 6.03. The first-order valence-corrected chi connectivity index (χ1v) is 7.60. The number of halogens is 4. The highest BCUT2D eigenvalue weighted by Gasteiger charge is 2.31. The van der Waals surface area contributed by atoms with Crippen molar-refractivity contribution in [3.05, 3.63) is 64.5 Å². The minimum absolute atomic E-state index is 0.169. The first kappa shape index (κ1) is 16.3. The summed E-state index contributed by atoms with van der Waals surface area (Å²) in [5.74, 6) is -0.765. The Hall–Kier alpha value is -3.16. The largest absolute Gasteiger partial charge is 0.416 e. The summed E-state index contributed by atoms with van der Waals surface area (Å²) in [5, 5.41) is 0.523. The van der Waals surface area contributed by atoms with Gasteiger partial charge in [0, 0.05) is 18.0 Å². The van der Waals surface area contributed by atoms with Crippen LogP contribution in [-0.4, -0.2) is 14.5 Å². The molecule has 0 aliphatic carbocycles. The molecule has 0 fully saturated rings. The molecule has 1 N–H and O–H groups in total. The molecule has 4 rings (SSSR count). The molecule has 0 saturated carbocycles. The van der Waals surface area contributed by atoms with Gasteiger partial charge in [0.1, 0.15) is 5.82 Å². The number of alkyl halides is 3. The molecule has 0 aliphatic heterocycles. The van der Waals surface area contributed by atoms with Gasteiger partial charge < -0.3 is 4.98 Å². The van der Waals surface area contributed by atoms with Crippen LogP contribution >= 0.6 is 0 Å². The number of H-pyrrole nitrogens is 1. The normalized spacial score (nSPS) is 12.2. The number of rotatable bonds is 1. The van der Waals surface area contributed by atoms with Crippen molar-refractivity contribution in [1.29, 1.82) is 0 Å². The zero-order valence-electron chi connectivity index (χ0n) is 13.4. The van der Waals surface area contributed by atoms with Crippen LogP contribution in [0.5, 0.6) is 0 Å². The Kier molecular flexibility index (Phi) is 3.40. The van der Waals surface area contributed by atoms with Crippen LogP contribution in [0.3, 0.4) is 0 Å². The third kappa shape index (κ3) is 2.45. The van der Waals surface area contributed by atoms with Gasteiger partial charge in [-0.05, 0) is 35.9 Å². The molecular weight excluding hydrogens is 350 g/mol. The van der Waals surface area contributed by atoms with Gasteiger partial charge >= 0.3 is 11.9 Å². The number of hydrogen-bond acceptors (Lipinski definition) is 2. The number of aromatic nitrogens is 3. The number of nitrogens with zero attached hydrogens (tertiary/aromatic N) is 2. The molecule has 0 saturated heterocycles. The van der Waals surface area contributed by atoms with Gasteiger partial charge in [0.2, 0.25) is 0 Å². The van der Waals surface area contributed by atoms with Crippen LogP contribution in [0, 0.1) is 5.82 Å². The maximum Gasteiger partial charge on any atom is 0.416 e. The first-order chi connectivity index (χ1) is 12.3. The topological polar surface area (TPSA) is 50.7 Å². The summed E-state index contributed by atoms with van der Waals surface area (Å²) >= 11 is 0. The van der Waals surface area contributed by atoms with Crippen LogP contribution in [0.15, 0.2) is 47.4 Å². The predicted molar refractivity (Wildman–Crippen MR) is 89.2 cm³/mol. The van der Waals surface area contributed by atoms with Gasteiger partial charge in [-0.2, -0.15) is 13.2 Å². The number of benzene rings is 2. The lowest BCUT2D eigenvalue weighted by Crippen LogP contribution is -2.11. The molecule has 0 unspecified atom stereocenters. The molecular formula is C18H11F4N3O. The molecule has 4 aromatic rings. The van der Waals surface area contributed by atoms with Crippen molar-refractivity contribution in [1.82, 2.24) is 14.5 Å². The molecule has 8 heteroatoms. The molecule has 4 nitrogen and oxygen atoms in total. The Morgan fingerprint density at radius 2 is 1.88 bits per heavy atom. The van der Waals surface area contributed by atoms with Crippen LogP contribution in [0.4, 0.5) is 17.6 Å². The maximum absolute atomic E-state index is 14.2. The molecule has 2 aromatic carbocycles. The number of pyridine rings is 1. The minimum atomic E-state index is -4.57. The van der Waals surface area contributed by atoms with Gasteiger partial charge in [0.25, 0.3) is 0 Å². The van der Waals surface area contributed by atoms with Crippen LogP contribution < -0.4 is 5.69 Å². The van der Waals surface area contributed by atoms with E-state index in [9.17, 15) is 22.4 Å². The van der Waals surface area contributed by atoms with Crippen molar-refractivity contribution in [2.75, 3.05) is 0 Å². The van der Waals surface area contributed by atoms with Crippen molar-refractivity contribution in [2.45, 2.75) is 6.18 Å². The summed E-state index contributed by atoms with van der Waals surface area (Å²) < 4.78 is 54.4. The highest BCUT2D eigenvalue weighted by atomic mass is 19.4. The second-order valence-corrected chi connectivity index (χ2v) is 5.93. The second kappa shape index (κ2) is 5.42. The lowest BCUT2D eigenvalue weighted by molar-refractivity contribution is -0.137. The fourth-order valence-electron chi connectivity index (χ4n) is 2.96. The van der Waals surface area contributed by atoms with Gasteiger partial charge in [0.15, 0.2) is 0 Å². The fourth-order valence-corrected chi connectivity index (χ4v) is 2.96. The fraction of sp³-hybridized carbons (Fsp3) is 0.111. The zero-order chi connectivity index (χ0) is 18.6. The smallest absolute Gasteiger partial charge is 0.305 e. The summed E-state index contributed by atoms with van der Waals surface area (Å²) in [6, 6.07) is 6.88. The molecule has 0 bridgehead atoms. The Bertz CT molecular complexity index is 1220. The van der Waals surface area contributed by atoms with Gasteiger partial charge in [-0.15, -0.1) is 0 Å². The first-order valence-electron chi connectivity index (χ1n) is 7.60. The van der Waals surface area contributed by atoms with Gasteiger partial charge in [-0.3, -0.25) is 9.55 Å². The standard InChI is InChI=1S/C18H11F4N3O/c1-25-15-8-23-14-5-2-9(6-12(14)16(15)24-17(25)26)11-7-10(18(20,21)22)3-4-13(11)19/h2-8H,1H3,(H,24,26). The number of aryl methyl sites for hydroxylation is 1. The summed E-state index contributed by atoms with van der Waals surface area (Å²) in [6.45, 7) is 0. The molecule has 2 heterocycles. The van der Waals surface area contributed by atoms with Gasteiger partial charge in [0.05, 0.1) is 28.3 Å². The van der Waals surface area contributed by atoms with Crippen LogP contribution in [0.25, 0.3) is 33.1 Å². The maximum atomic E-state index is 14.2. The lowest BCUT2D eigenvalue weighted by atomic mass is 10.00. The monoisotopic (exact) mass is 361 g/mol. The molecule has 26 heavy (non-hydrogen) atoms. The Morgan fingerprint density at radius 3 is 2.62 bits per heavy atom. The highest BCUT2D eigenvalue weighted by Crippen LogP contribution is 2.35. The van der Waals surface area contributed by atoms with E-state index in [1.165, 1.54) is 22.9 Å². The third-order valence-electron chi connectivity index (χ3n) is 4.35. The number of aromatic amines is 1. The van der Waals surface area contributed by atoms with E-state index < -0.39 is 17.6 Å². The van der Waals surface area contributed by atoms with E-state index in [0.717, 1.165) is 12.1 Å². The number of hydrogen-bond donors (Lipinski definition) is 1. The van der Waals surface area contributed by atoms with E-state index in [1.54, 1.807) is 13.1 Å². The van der Waals surface area contributed by atoms with Gasteiger partial charge in [-0.25, -0.2) is 9.18 Å². The number of imidazole rings is 1. The molecule has 0 atom stereocenters. The quantitative estimate of drug-likeness (QED) is 0.516. The van der Waals surface area contributed by atoms with E-state index in [0.29, 0.717) is 28.0 Å². The van der Waals surface area contributed by atoms with Gasteiger partial charge in [-0.1, -0.05) is 6.07 Å². The van der Waals surface area contributed by atoms with Crippen LogP contribution in [-0.2, 0) is 13.2 Å². The minimum Gasteiger partial charge on any atom is -0.305 e. The van der Waals surface area contributed by atoms with Crippen molar-refractivity contribution in [3.8, 4) is 11.1 Å². The molecule has 2 aromatic heterocycles. The van der Waals surface area contributed by atoms with Crippen molar-refractivity contribution < 1.29 is 17.6 Å². The SMILES string of the molecule is Cn1c(=O)[nH]c2c3cc(-c4cc(C(F)(F)F)ccc4F)ccc3ncc21. The zero-order valence-corrected chi connectivity index (χ0v) is 13.4. The van der Waals surface area contributed by atoms with Crippen LogP contribution in [0.2, 0.25) is 0 Å². The molecule has 0 aliphatic rings. The third-order valence-corrected chi connectivity index (χ3v) is 4.35. The Labute approximate surface area is 143 Å². The average Bonchev–Trinajstić information content (AvgIpc) is 2.89. The van der Waals surface area contributed by atoms with Crippen molar-refractivity contribution in [3.63, 3.8) is 0 Å². The van der Waals surface area contributed by atoms with Crippen molar-refractivity contribution >= 4 is 21.9 Å². The van der Waals surface area contributed by atoms with E-state index in [4.69, 9.17) is 0 Å². The summed E-state index contributed by atoms with van der Waals surface area (Å²) in [4.78, 5) is 18.8. The van der Waals surface area contributed by atoms with Crippen LogP contribution in [0.1, 0.15) is 5.56 Å². The predicted octanol–water partition coefficient (Wildman–Crippen LogP) is 4.24. The molecule has 0 spiro atoms. The summed E-state index contributed by atoms with van der Waals surface area (Å²) in [7, 11) is 1.57. The van der Waals surface area contributed by atoms with E-state index >= 15 is 0 Å². The molecule has 132 valence electrons. The second-order valence-electron chi connectivity index (χ2n) is 5.93. The molecule has 0 amide bonds. The van der Waals surface area contributed by atoms with E-state index in [2.05, 4.69) is 9.97 Å². The summed E-state index contributed by atoms with van der Waals surface area (Å²) in [6.07, 6.45) is -3.04. The Morgan fingerprint density at radius 1 is 1.12 bits per heavy atom. The molecule has 0 radical (unpaired) electrons. The Balaban J connectivity index is 2.00.